The monoisotopic (exact) mass is 989 g/mol. The minimum Gasteiger partial charge on any atom is -0.493 e. The predicted octanol–water partition coefficient (Wildman–Crippen LogP) is 8.08. The Balaban J connectivity index is 1.02. The zero-order valence-electron chi connectivity index (χ0n) is 44.0. The summed E-state index contributed by atoms with van der Waals surface area (Å²) in [4.78, 5) is 25.9. The van der Waals surface area contributed by atoms with Crippen LogP contribution in [-0.2, 0) is 44.7 Å². The van der Waals surface area contributed by atoms with Gasteiger partial charge in [0.05, 0.1) is 125 Å². The maximum Gasteiger partial charge on any atom is 0.305 e. The van der Waals surface area contributed by atoms with Crippen LogP contribution in [0.25, 0.3) is 0 Å². The first-order valence-corrected chi connectivity index (χ1v) is 24.3. The summed E-state index contributed by atoms with van der Waals surface area (Å²) in [5.41, 5.74) is 6.86. The molecule has 0 spiro atoms. The molecule has 0 aromatic heterocycles. The molecule has 6 rings (SSSR count). The zero-order chi connectivity index (χ0) is 51.3. The van der Waals surface area contributed by atoms with Crippen molar-refractivity contribution >= 4 is 11.9 Å². The number of fused-ring (bicyclic) bond motifs is 2. The number of carbonyl (C=O) groups is 2. The van der Waals surface area contributed by atoms with Gasteiger partial charge in [-0.1, -0.05) is 0 Å². The van der Waals surface area contributed by atoms with Gasteiger partial charge in [-0.3, -0.25) is 9.59 Å². The molecule has 16 nitrogen and oxygen atoms in total. The average Bonchev–Trinajstić information content (AvgIpc) is 3.39. The Morgan fingerprint density at radius 3 is 1.07 bits per heavy atom. The third-order valence-corrected chi connectivity index (χ3v) is 14.5. The summed E-state index contributed by atoms with van der Waals surface area (Å²) in [6, 6.07) is 16.4. The van der Waals surface area contributed by atoms with E-state index in [0.29, 0.717) is 98.6 Å². The van der Waals surface area contributed by atoms with E-state index < -0.39 is 0 Å². The third-order valence-electron chi connectivity index (χ3n) is 14.5. The number of carbonyl (C=O) groups excluding carboxylic acids is 2. The molecule has 4 aromatic rings. The van der Waals surface area contributed by atoms with Gasteiger partial charge < -0.3 is 65.8 Å². The van der Waals surface area contributed by atoms with Gasteiger partial charge in [0.1, 0.15) is 12.1 Å². The third kappa shape index (κ3) is 12.4. The number of ether oxygens (including phenoxy) is 12. The molecule has 2 unspecified atom stereocenters. The molecule has 16 heteroatoms. The molecule has 0 saturated heterocycles. The van der Waals surface area contributed by atoms with Crippen molar-refractivity contribution in [3.8, 4) is 57.5 Å². The van der Waals surface area contributed by atoms with Gasteiger partial charge in [-0.05, 0) is 77.2 Å². The molecule has 0 N–H and O–H groups in total. The van der Waals surface area contributed by atoms with E-state index in [9.17, 15) is 9.59 Å². The second kappa shape index (κ2) is 24.7. The quantitative estimate of drug-likeness (QED) is 0.0340. The van der Waals surface area contributed by atoms with E-state index in [0.717, 1.165) is 50.1 Å². The molecule has 4 atom stereocenters. The number of quaternary nitrogens is 2. The van der Waals surface area contributed by atoms with Crippen molar-refractivity contribution in [1.29, 1.82) is 0 Å². The number of methoxy groups -OCH3 is 10. The zero-order valence-corrected chi connectivity index (χ0v) is 44.0. The topological polar surface area (TPSA) is 145 Å². The Hall–Kier alpha value is -6.26. The molecular formula is C55H76N2O14+2. The highest BCUT2D eigenvalue weighted by Gasteiger charge is 2.42. The Bertz CT molecular complexity index is 2240. The van der Waals surface area contributed by atoms with E-state index in [1.54, 1.807) is 71.1 Å². The van der Waals surface area contributed by atoms with Crippen molar-refractivity contribution in [1.82, 2.24) is 0 Å². The van der Waals surface area contributed by atoms with Crippen LogP contribution in [0.2, 0.25) is 0 Å². The summed E-state index contributed by atoms with van der Waals surface area (Å²) in [5.74, 6) is 5.56. The molecule has 2 aliphatic rings. The number of esters is 2. The summed E-state index contributed by atoms with van der Waals surface area (Å²) in [6.45, 7) is 3.83. The van der Waals surface area contributed by atoms with E-state index in [1.807, 2.05) is 24.3 Å². The van der Waals surface area contributed by atoms with Crippen molar-refractivity contribution in [2.45, 2.75) is 69.9 Å². The fraction of sp³-hybridized carbons (Fsp3) is 0.527. The van der Waals surface area contributed by atoms with E-state index in [2.05, 4.69) is 38.4 Å². The van der Waals surface area contributed by atoms with Crippen LogP contribution in [0.3, 0.4) is 0 Å². The minimum atomic E-state index is -0.328. The van der Waals surface area contributed by atoms with Crippen LogP contribution in [0.4, 0.5) is 0 Å². The van der Waals surface area contributed by atoms with Crippen LogP contribution >= 0.6 is 0 Å². The molecule has 2 aliphatic heterocycles. The minimum absolute atomic E-state index is 0.0352. The van der Waals surface area contributed by atoms with Gasteiger partial charge in [0.25, 0.3) is 0 Å². The number of benzene rings is 4. The predicted molar refractivity (Wildman–Crippen MR) is 268 cm³/mol. The van der Waals surface area contributed by atoms with Gasteiger partial charge in [-0.25, -0.2) is 0 Å². The second-order valence-corrected chi connectivity index (χ2v) is 18.7. The van der Waals surface area contributed by atoms with Crippen molar-refractivity contribution < 1.29 is 75.4 Å². The van der Waals surface area contributed by atoms with Crippen LogP contribution in [0.5, 0.6) is 57.5 Å². The molecule has 4 aromatic carbocycles. The van der Waals surface area contributed by atoms with E-state index in [-0.39, 0.29) is 50.1 Å². The van der Waals surface area contributed by atoms with Crippen LogP contribution in [0, 0.1) is 0 Å². The summed E-state index contributed by atoms with van der Waals surface area (Å²) in [6.07, 6.45) is 4.99. The van der Waals surface area contributed by atoms with Gasteiger partial charge in [-0.15, -0.1) is 0 Å². The summed E-state index contributed by atoms with van der Waals surface area (Å²) in [5, 5.41) is 0. The number of rotatable bonds is 26. The van der Waals surface area contributed by atoms with E-state index in [1.165, 1.54) is 22.3 Å². The molecule has 0 fully saturated rings. The highest BCUT2D eigenvalue weighted by Crippen LogP contribution is 2.47. The molecule has 0 aliphatic carbocycles. The van der Waals surface area contributed by atoms with Crippen LogP contribution in [0.1, 0.15) is 77.6 Å². The van der Waals surface area contributed by atoms with Crippen molar-refractivity contribution in [2.24, 2.45) is 0 Å². The Labute approximate surface area is 420 Å². The summed E-state index contributed by atoms with van der Waals surface area (Å²) < 4.78 is 69.8. The molecule has 2 heterocycles. The standard InChI is InChI=1S/C55H76N2O14/c1-56(22-18-38-32-44(60-3)46(62-5)34-40(38)42(56)26-36-28-48(64-7)54(68-11)49(29-36)65-8)20-14-24-70-52(58)16-13-17-53(59)71-25-15-21-57(2)23-19-39-33-45(61-4)47(63-6)35-41(39)43(57)27-37-30-50(66-9)55(69-12)51(31-37)67-10/h28-35,42-43H,13-27H2,1-12H3/q+2/t42-,43-,56?,57?/m1/s1. The van der Waals surface area contributed by atoms with E-state index in [4.69, 9.17) is 56.8 Å². The number of likely N-dealkylation sites (N-methyl/N-ethyl adjacent to an activating group) is 2. The van der Waals surface area contributed by atoms with Crippen molar-refractivity contribution in [3.05, 3.63) is 81.9 Å². The number of nitrogens with zero attached hydrogens (tertiary/aromatic N) is 2. The first-order valence-electron chi connectivity index (χ1n) is 24.3. The largest absolute Gasteiger partial charge is 0.493 e. The Morgan fingerprint density at radius 2 is 0.761 bits per heavy atom. The molecule has 0 radical (unpaired) electrons. The lowest BCUT2D eigenvalue weighted by Crippen LogP contribution is -2.52. The van der Waals surface area contributed by atoms with Gasteiger partial charge in [0.15, 0.2) is 46.0 Å². The molecule has 388 valence electrons. The van der Waals surface area contributed by atoms with Gasteiger partial charge in [0.2, 0.25) is 11.5 Å². The second-order valence-electron chi connectivity index (χ2n) is 18.7. The van der Waals surface area contributed by atoms with Crippen LogP contribution < -0.4 is 47.4 Å². The van der Waals surface area contributed by atoms with E-state index >= 15 is 0 Å². The SMILES string of the molecule is COc1cc2c(cc1OC)[C@@H](Cc1cc(OC)c(OC)c(OC)c1)[N+](C)(CCCOC(=O)CCCC(=O)OCCC[N+]1(C)CCc3cc(OC)c(OC)cc3[C@H]1Cc1cc(OC)c(OC)c(OC)c1)CC2. The van der Waals surface area contributed by atoms with Gasteiger partial charge in [-0.2, -0.15) is 0 Å². The molecule has 0 saturated carbocycles. The highest BCUT2D eigenvalue weighted by molar-refractivity contribution is 5.72. The van der Waals surface area contributed by atoms with Crippen molar-refractivity contribution in [3.63, 3.8) is 0 Å². The fourth-order valence-corrected chi connectivity index (χ4v) is 10.6. The fourth-order valence-electron chi connectivity index (χ4n) is 10.6. The highest BCUT2D eigenvalue weighted by atomic mass is 16.6. The molecular weight excluding hydrogens is 913 g/mol. The smallest absolute Gasteiger partial charge is 0.305 e. The van der Waals surface area contributed by atoms with Gasteiger partial charge in [0, 0.05) is 62.5 Å². The normalized spacial score (nSPS) is 19.0. The Morgan fingerprint density at radius 1 is 0.437 bits per heavy atom. The maximum atomic E-state index is 13.0. The molecule has 0 bridgehead atoms. The summed E-state index contributed by atoms with van der Waals surface area (Å²) >= 11 is 0. The van der Waals surface area contributed by atoms with Crippen molar-refractivity contribution in [2.75, 3.05) is 125 Å². The lowest BCUT2D eigenvalue weighted by atomic mass is 9.86. The number of hydrogen-bond acceptors (Lipinski definition) is 14. The lowest BCUT2D eigenvalue weighted by molar-refractivity contribution is -0.941. The van der Waals surface area contributed by atoms with Crippen LogP contribution in [0.15, 0.2) is 48.5 Å². The maximum absolute atomic E-state index is 13.0. The Kier molecular flexibility index (Phi) is 18.8. The summed E-state index contributed by atoms with van der Waals surface area (Å²) in [7, 11) is 20.8. The first kappa shape index (κ1) is 54.1. The van der Waals surface area contributed by atoms with Gasteiger partial charge >= 0.3 is 11.9 Å². The first-order chi connectivity index (χ1) is 34.2. The molecule has 71 heavy (non-hydrogen) atoms. The number of hydrogen-bond donors (Lipinski definition) is 0. The average molecular weight is 989 g/mol. The lowest BCUT2D eigenvalue weighted by Gasteiger charge is -2.46. The molecule has 0 amide bonds. The van der Waals surface area contributed by atoms with Crippen LogP contribution in [-0.4, -0.2) is 145 Å².